The first-order valence-electron chi connectivity index (χ1n) is 9.70. The van der Waals surface area contributed by atoms with Gasteiger partial charge in [0, 0.05) is 16.5 Å². The van der Waals surface area contributed by atoms with Crippen LogP contribution < -0.4 is 19.6 Å². The number of hydrogen-bond donors (Lipinski definition) is 1. The lowest BCUT2D eigenvalue weighted by atomic mass is 10.0. The summed E-state index contributed by atoms with van der Waals surface area (Å²) < 4.78 is 16.3. The number of carbonyl (C=O) groups excluding carboxylic acids is 1. The predicted octanol–water partition coefficient (Wildman–Crippen LogP) is 4.75. The fourth-order valence-electron chi connectivity index (χ4n) is 3.31. The number of ether oxygens (including phenoxy) is 3. The van der Waals surface area contributed by atoms with Gasteiger partial charge in [0.1, 0.15) is 0 Å². The number of methoxy groups -OCH3 is 3. The molecular weight excluding hydrogens is 426 g/mol. The van der Waals surface area contributed by atoms with Crippen LogP contribution in [-0.4, -0.2) is 38.4 Å². The Morgan fingerprint density at radius 1 is 1.03 bits per heavy atom. The van der Waals surface area contributed by atoms with Gasteiger partial charge < -0.3 is 14.2 Å². The quantitative estimate of drug-likeness (QED) is 0.326. The molecule has 4 rings (SSSR count). The molecule has 0 aliphatic rings. The van der Waals surface area contributed by atoms with E-state index in [9.17, 15) is 4.79 Å². The molecule has 0 atom stereocenters. The fraction of sp³-hybridized carbons (Fsp3) is 0.125. The van der Waals surface area contributed by atoms with E-state index in [1.807, 2.05) is 41.1 Å². The van der Waals surface area contributed by atoms with Crippen molar-refractivity contribution in [3.8, 4) is 28.5 Å². The minimum atomic E-state index is -0.330. The Hall–Kier alpha value is -3.91. The molecule has 0 aliphatic heterocycles. The van der Waals surface area contributed by atoms with Crippen molar-refractivity contribution in [2.45, 2.75) is 0 Å². The zero-order valence-corrected chi connectivity index (χ0v) is 18.6. The minimum Gasteiger partial charge on any atom is -0.493 e. The van der Waals surface area contributed by atoms with Crippen LogP contribution in [0.2, 0.25) is 0 Å². The summed E-state index contributed by atoms with van der Waals surface area (Å²) in [5.41, 5.74) is 6.00. The smallest absolute Gasteiger partial charge is 0.272 e. The van der Waals surface area contributed by atoms with E-state index >= 15 is 0 Å². The molecule has 0 saturated carbocycles. The van der Waals surface area contributed by atoms with Crippen molar-refractivity contribution in [3.63, 3.8) is 0 Å². The number of aromatic nitrogens is 1. The summed E-state index contributed by atoms with van der Waals surface area (Å²) in [4.78, 5) is 17.7. The molecule has 2 aromatic heterocycles. The first kappa shape index (κ1) is 21.3. The Labute approximate surface area is 189 Å². The molecule has 1 amide bonds. The van der Waals surface area contributed by atoms with Crippen molar-refractivity contribution in [2.75, 3.05) is 21.3 Å². The van der Waals surface area contributed by atoms with Crippen molar-refractivity contribution < 1.29 is 19.0 Å². The average Bonchev–Trinajstić information content (AvgIpc) is 3.35. The lowest BCUT2D eigenvalue weighted by Crippen LogP contribution is -2.18. The summed E-state index contributed by atoms with van der Waals surface area (Å²) in [5.74, 6) is 1.16. The third kappa shape index (κ3) is 4.26. The maximum Gasteiger partial charge on any atom is 0.272 e. The molecule has 0 spiro atoms. The number of thiophene rings is 1. The van der Waals surface area contributed by atoms with Gasteiger partial charge in [0.2, 0.25) is 5.75 Å². The third-order valence-electron chi connectivity index (χ3n) is 4.84. The summed E-state index contributed by atoms with van der Waals surface area (Å²) in [5, 5.41) is 8.70. The number of nitrogens with zero attached hydrogens (tertiary/aromatic N) is 2. The van der Waals surface area contributed by atoms with Crippen LogP contribution in [0.4, 0.5) is 0 Å². The Kier molecular flexibility index (Phi) is 6.32. The van der Waals surface area contributed by atoms with Crippen molar-refractivity contribution in [1.82, 2.24) is 10.4 Å². The van der Waals surface area contributed by atoms with Gasteiger partial charge in [-0.1, -0.05) is 18.2 Å². The summed E-state index contributed by atoms with van der Waals surface area (Å²) in [6.45, 7) is 0. The number of benzene rings is 2. The molecule has 0 unspecified atom stereocenters. The molecule has 1 N–H and O–H groups in total. The zero-order chi connectivity index (χ0) is 22.5. The first-order chi connectivity index (χ1) is 15.6. The van der Waals surface area contributed by atoms with Gasteiger partial charge in [0.15, 0.2) is 11.5 Å². The van der Waals surface area contributed by atoms with E-state index in [1.165, 1.54) is 0 Å². The van der Waals surface area contributed by atoms with E-state index in [1.54, 1.807) is 57.1 Å². The lowest BCUT2D eigenvalue weighted by Gasteiger charge is -2.15. The van der Waals surface area contributed by atoms with Crippen LogP contribution >= 0.6 is 11.3 Å². The van der Waals surface area contributed by atoms with Gasteiger partial charge in [-0.2, -0.15) is 16.4 Å². The first-order valence-corrected chi connectivity index (χ1v) is 10.6. The van der Waals surface area contributed by atoms with Gasteiger partial charge in [0.25, 0.3) is 5.91 Å². The second-order valence-electron chi connectivity index (χ2n) is 6.74. The fourth-order valence-corrected chi connectivity index (χ4v) is 3.93. The van der Waals surface area contributed by atoms with Crippen LogP contribution in [0.15, 0.2) is 64.4 Å². The minimum absolute atomic E-state index is 0.330. The molecule has 0 radical (unpaired) electrons. The summed E-state index contributed by atoms with van der Waals surface area (Å²) in [6, 6.07) is 14.7. The monoisotopic (exact) mass is 447 g/mol. The SMILES string of the molecule is COc1cc(-c2cc(C(=O)N/N=C/c3ccsc3)c3ccccc3n2)cc(OC)c1OC. The van der Waals surface area contributed by atoms with Gasteiger partial charge >= 0.3 is 0 Å². The molecule has 2 aromatic carbocycles. The molecule has 7 nitrogen and oxygen atoms in total. The second kappa shape index (κ2) is 9.49. The van der Waals surface area contributed by atoms with Crippen molar-refractivity contribution in [3.05, 3.63) is 70.4 Å². The Morgan fingerprint density at radius 2 is 1.78 bits per heavy atom. The topological polar surface area (TPSA) is 82.0 Å². The van der Waals surface area contributed by atoms with E-state index in [4.69, 9.17) is 19.2 Å². The van der Waals surface area contributed by atoms with Crippen molar-refractivity contribution >= 4 is 34.4 Å². The van der Waals surface area contributed by atoms with Gasteiger partial charge in [-0.25, -0.2) is 10.4 Å². The third-order valence-corrected chi connectivity index (χ3v) is 5.55. The number of amides is 1. The van der Waals surface area contributed by atoms with Crippen LogP contribution in [0.5, 0.6) is 17.2 Å². The van der Waals surface area contributed by atoms with E-state index < -0.39 is 0 Å². The largest absolute Gasteiger partial charge is 0.493 e. The Balaban J connectivity index is 1.78. The number of rotatable bonds is 7. The highest BCUT2D eigenvalue weighted by molar-refractivity contribution is 7.08. The van der Waals surface area contributed by atoms with Crippen molar-refractivity contribution in [2.24, 2.45) is 5.10 Å². The summed E-state index contributed by atoms with van der Waals surface area (Å²) in [6.07, 6.45) is 1.61. The molecule has 8 heteroatoms. The molecule has 0 saturated heterocycles. The molecule has 0 aliphatic carbocycles. The van der Waals surface area contributed by atoms with Gasteiger partial charge in [-0.3, -0.25) is 4.79 Å². The number of hydrazone groups is 1. The standard InChI is InChI=1S/C24H21N3O4S/c1-29-21-10-16(11-22(30-2)23(21)31-3)20-12-18(17-6-4-5-7-19(17)26-20)24(28)27-25-13-15-8-9-32-14-15/h4-14H,1-3H3,(H,27,28)/b25-13+. The Morgan fingerprint density at radius 3 is 2.44 bits per heavy atom. The molecule has 4 aromatic rings. The molecule has 32 heavy (non-hydrogen) atoms. The van der Waals surface area contributed by atoms with Gasteiger partial charge in [-0.15, -0.1) is 0 Å². The van der Waals surface area contributed by atoms with E-state index in [-0.39, 0.29) is 5.91 Å². The van der Waals surface area contributed by atoms with Crippen LogP contribution in [0.25, 0.3) is 22.2 Å². The molecular formula is C24H21N3O4S. The average molecular weight is 448 g/mol. The highest BCUT2D eigenvalue weighted by Crippen LogP contribution is 2.41. The highest BCUT2D eigenvalue weighted by Gasteiger charge is 2.18. The number of para-hydroxylation sites is 1. The Bertz CT molecular complexity index is 1260. The summed E-state index contributed by atoms with van der Waals surface area (Å²) >= 11 is 1.56. The number of pyridine rings is 1. The number of carbonyl (C=O) groups is 1. The highest BCUT2D eigenvalue weighted by atomic mass is 32.1. The lowest BCUT2D eigenvalue weighted by molar-refractivity contribution is 0.0956. The second-order valence-corrected chi connectivity index (χ2v) is 7.52. The van der Waals surface area contributed by atoms with Crippen LogP contribution in [0, 0.1) is 0 Å². The molecule has 0 fully saturated rings. The maximum absolute atomic E-state index is 13.0. The number of nitrogens with one attached hydrogen (secondary N) is 1. The van der Waals surface area contributed by atoms with Gasteiger partial charge in [0.05, 0.1) is 44.3 Å². The predicted molar refractivity (Wildman–Crippen MR) is 126 cm³/mol. The number of hydrogen-bond acceptors (Lipinski definition) is 7. The van der Waals surface area contributed by atoms with Crippen molar-refractivity contribution in [1.29, 1.82) is 0 Å². The van der Waals surface area contributed by atoms with Crippen LogP contribution in [0.3, 0.4) is 0 Å². The van der Waals surface area contributed by atoms with E-state index in [2.05, 4.69) is 10.5 Å². The van der Waals surface area contributed by atoms with E-state index in [0.29, 0.717) is 34.0 Å². The molecule has 0 bridgehead atoms. The molecule has 162 valence electrons. The summed E-state index contributed by atoms with van der Waals surface area (Å²) in [7, 11) is 4.66. The van der Waals surface area contributed by atoms with E-state index in [0.717, 1.165) is 16.5 Å². The number of fused-ring (bicyclic) bond motifs is 1. The van der Waals surface area contributed by atoms with Crippen LogP contribution in [-0.2, 0) is 0 Å². The zero-order valence-electron chi connectivity index (χ0n) is 17.8. The molecule has 2 heterocycles. The normalized spacial score (nSPS) is 11.0. The van der Waals surface area contributed by atoms with Crippen LogP contribution in [0.1, 0.15) is 15.9 Å². The maximum atomic E-state index is 13.0. The van der Waals surface area contributed by atoms with Gasteiger partial charge in [-0.05, 0) is 41.1 Å².